The average Bonchev–Trinajstić information content (AvgIpc) is 3.55. The van der Waals surface area contributed by atoms with Gasteiger partial charge in [-0.25, -0.2) is 31.1 Å². The summed E-state index contributed by atoms with van der Waals surface area (Å²) < 4.78 is 64.1. The third-order valence-corrected chi connectivity index (χ3v) is 7.27. The first-order valence-electron chi connectivity index (χ1n) is 9.02. The summed E-state index contributed by atoms with van der Waals surface area (Å²) in [7, 11) is -5.67. The molecule has 10 nitrogen and oxygen atoms in total. The van der Waals surface area contributed by atoms with E-state index in [1.54, 1.807) is 0 Å². The summed E-state index contributed by atoms with van der Waals surface area (Å²) in [5, 5.41) is 0. The fourth-order valence-corrected chi connectivity index (χ4v) is 5.06. The molecule has 0 heterocycles. The van der Waals surface area contributed by atoms with Crippen molar-refractivity contribution in [3.63, 3.8) is 0 Å². The second kappa shape index (κ2) is 8.65. The second-order valence-electron chi connectivity index (χ2n) is 6.75. The minimum atomic E-state index is -4.23. The monoisotopic (exact) mass is 468 g/mol. The molecule has 1 aliphatic rings. The van der Waals surface area contributed by atoms with E-state index in [1.165, 1.54) is 24.3 Å². The number of nitrogens with one attached hydrogen (secondary N) is 2. The summed E-state index contributed by atoms with van der Waals surface area (Å²) in [4.78, 5) is 23.4. The number of benzene rings is 2. The molecule has 0 radical (unpaired) electrons. The largest absolute Gasteiger partial charge is 0.465 e. The van der Waals surface area contributed by atoms with Gasteiger partial charge in [-0.05, 0) is 55.3 Å². The maximum Gasteiger partial charge on any atom is 0.337 e. The molecule has 0 aliphatic heterocycles. The van der Waals surface area contributed by atoms with Crippen molar-refractivity contribution in [3.05, 3.63) is 53.6 Å². The average molecular weight is 469 g/mol. The van der Waals surface area contributed by atoms with Gasteiger partial charge in [0, 0.05) is 11.7 Å². The standard InChI is InChI=1S/C19H20N2O8S2/c1-28-18(22)12-9-13(19(23)29-2)11-17(10-12)31(26,27)21-15-5-7-16(8-6-15)30(24,25)20-14-3-4-14/h5-11,14,20-21H,3-4H2,1-2H3. The Balaban J connectivity index is 1.89. The topological polar surface area (TPSA) is 145 Å². The molecule has 0 atom stereocenters. The van der Waals surface area contributed by atoms with Crippen molar-refractivity contribution in [3.8, 4) is 0 Å². The van der Waals surface area contributed by atoms with E-state index in [0.29, 0.717) is 0 Å². The van der Waals surface area contributed by atoms with Crippen LogP contribution in [-0.4, -0.2) is 49.0 Å². The zero-order valence-corrected chi connectivity index (χ0v) is 18.2. The number of carbonyl (C=O) groups excluding carboxylic acids is 2. The van der Waals surface area contributed by atoms with Crippen molar-refractivity contribution in [2.24, 2.45) is 0 Å². The summed E-state index contributed by atoms with van der Waals surface area (Å²) in [6, 6.07) is 8.34. The van der Waals surface area contributed by atoms with Gasteiger partial charge in [0.1, 0.15) is 0 Å². The van der Waals surface area contributed by atoms with Crippen molar-refractivity contribution in [2.45, 2.75) is 28.7 Å². The minimum absolute atomic E-state index is 0.00279. The van der Waals surface area contributed by atoms with Crippen LogP contribution < -0.4 is 9.44 Å². The summed E-state index contributed by atoms with van der Waals surface area (Å²) >= 11 is 0. The van der Waals surface area contributed by atoms with Crippen LogP contribution in [0.15, 0.2) is 52.3 Å². The third kappa shape index (κ3) is 5.40. The summed E-state index contributed by atoms with van der Waals surface area (Å²) in [6.07, 6.45) is 1.57. The van der Waals surface area contributed by atoms with Gasteiger partial charge in [0.25, 0.3) is 10.0 Å². The van der Waals surface area contributed by atoms with Crippen LogP contribution in [0, 0.1) is 0 Å². The predicted octanol–water partition coefficient (Wildman–Crippen LogP) is 1.50. The maximum absolute atomic E-state index is 12.8. The Hall–Kier alpha value is -2.96. The Labute approximate surface area is 179 Å². The van der Waals surface area contributed by atoms with Gasteiger partial charge < -0.3 is 9.47 Å². The molecule has 1 saturated carbocycles. The second-order valence-corrected chi connectivity index (χ2v) is 10.2. The van der Waals surface area contributed by atoms with Crippen LogP contribution in [0.2, 0.25) is 0 Å². The number of hydrogen-bond donors (Lipinski definition) is 2. The third-order valence-electron chi connectivity index (χ3n) is 4.38. The van der Waals surface area contributed by atoms with Gasteiger partial charge in [0.2, 0.25) is 10.0 Å². The molecule has 12 heteroatoms. The van der Waals surface area contributed by atoms with Crippen LogP contribution in [0.3, 0.4) is 0 Å². The van der Waals surface area contributed by atoms with Gasteiger partial charge >= 0.3 is 11.9 Å². The van der Waals surface area contributed by atoms with Gasteiger partial charge in [-0.3, -0.25) is 4.72 Å². The Morgan fingerprint density at radius 2 is 1.32 bits per heavy atom. The van der Waals surface area contributed by atoms with Crippen LogP contribution in [0.5, 0.6) is 0 Å². The minimum Gasteiger partial charge on any atom is -0.465 e. The zero-order valence-electron chi connectivity index (χ0n) is 16.6. The molecule has 1 aliphatic carbocycles. The Morgan fingerprint density at radius 1 is 0.806 bits per heavy atom. The number of rotatable bonds is 8. The van der Waals surface area contributed by atoms with Crippen molar-refractivity contribution in [1.82, 2.24) is 4.72 Å². The Morgan fingerprint density at radius 3 is 1.77 bits per heavy atom. The first kappa shape index (κ1) is 22.7. The molecule has 3 rings (SSSR count). The highest BCUT2D eigenvalue weighted by Crippen LogP contribution is 2.24. The van der Waals surface area contributed by atoms with E-state index >= 15 is 0 Å². The van der Waals surface area contributed by atoms with Gasteiger partial charge in [-0.15, -0.1) is 0 Å². The van der Waals surface area contributed by atoms with E-state index < -0.39 is 32.0 Å². The smallest absolute Gasteiger partial charge is 0.337 e. The molecule has 2 N–H and O–H groups in total. The first-order valence-corrected chi connectivity index (χ1v) is 12.0. The van der Waals surface area contributed by atoms with Crippen molar-refractivity contribution >= 4 is 37.7 Å². The van der Waals surface area contributed by atoms with Gasteiger partial charge in [-0.1, -0.05) is 0 Å². The summed E-state index contributed by atoms with van der Waals surface area (Å²) in [6.45, 7) is 0. The van der Waals surface area contributed by atoms with E-state index in [-0.39, 0.29) is 32.6 Å². The lowest BCUT2D eigenvalue weighted by Gasteiger charge is -2.12. The molecule has 0 saturated heterocycles. The summed E-state index contributed by atoms with van der Waals surface area (Å²) in [5.41, 5.74) is -0.217. The van der Waals surface area contributed by atoms with E-state index in [1.807, 2.05) is 0 Å². The number of esters is 2. The van der Waals surface area contributed by atoms with Crippen LogP contribution in [0.25, 0.3) is 0 Å². The van der Waals surface area contributed by atoms with Crippen molar-refractivity contribution < 1.29 is 35.9 Å². The lowest BCUT2D eigenvalue weighted by molar-refractivity contribution is 0.0598. The number of sulfonamides is 2. The molecule has 0 aromatic heterocycles. The van der Waals surface area contributed by atoms with Crippen LogP contribution in [0.4, 0.5) is 5.69 Å². The SMILES string of the molecule is COC(=O)c1cc(C(=O)OC)cc(S(=O)(=O)Nc2ccc(S(=O)(=O)NC3CC3)cc2)c1. The molecule has 2 aromatic carbocycles. The van der Waals surface area contributed by atoms with Crippen molar-refractivity contribution in [1.29, 1.82) is 0 Å². The number of methoxy groups -OCH3 is 2. The zero-order chi connectivity index (χ0) is 22.8. The number of anilines is 1. The lowest BCUT2D eigenvalue weighted by Crippen LogP contribution is -2.25. The van der Waals surface area contributed by atoms with Gasteiger partial charge in [-0.2, -0.15) is 0 Å². The lowest BCUT2D eigenvalue weighted by atomic mass is 10.1. The first-order chi connectivity index (χ1) is 14.6. The molecule has 0 spiro atoms. The van der Waals surface area contributed by atoms with E-state index in [2.05, 4.69) is 18.9 Å². The molecular formula is C19H20N2O8S2. The molecule has 166 valence electrons. The summed E-state index contributed by atoms with van der Waals surface area (Å²) in [5.74, 6) is -1.67. The normalized spacial score (nSPS) is 14.0. The van der Waals surface area contributed by atoms with Gasteiger partial charge in [0.15, 0.2) is 0 Å². The van der Waals surface area contributed by atoms with E-state index in [0.717, 1.165) is 45.3 Å². The molecule has 0 bridgehead atoms. The molecule has 1 fully saturated rings. The highest BCUT2D eigenvalue weighted by molar-refractivity contribution is 7.92. The van der Waals surface area contributed by atoms with E-state index in [9.17, 15) is 26.4 Å². The fraction of sp³-hybridized carbons (Fsp3) is 0.263. The maximum atomic E-state index is 12.8. The molecule has 31 heavy (non-hydrogen) atoms. The Bertz CT molecular complexity index is 1180. The fourth-order valence-electron chi connectivity index (χ4n) is 2.63. The highest BCUT2D eigenvalue weighted by Gasteiger charge is 2.28. The van der Waals surface area contributed by atoms with E-state index in [4.69, 9.17) is 0 Å². The number of ether oxygens (including phenoxy) is 2. The Kier molecular flexibility index (Phi) is 6.34. The molecule has 2 aromatic rings. The predicted molar refractivity (Wildman–Crippen MR) is 110 cm³/mol. The number of hydrogen-bond acceptors (Lipinski definition) is 8. The number of carbonyl (C=O) groups is 2. The molecular weight excluding hydrogens is 448 g/mol. The van der Waals surface area contributed by atoms with Crippen LogP contribution >= 0.6 is 0 Å². The quantitative estimate of drug-likeness (QED) is 0.555. The van der Waals surface area contributed by atoms with Crippen LogP contribution in [0.1, 0.15) is 33.6 Å². The molecule has 0 amide bonds. The van der Waals surface area contributed by atoms with Crippen molar-refractivity contribution in [2.75, 3.05) is 18.9 Å². The highest BCUT2D eigenvalue weighted by atomic mass is 32.2. The van der Waals surface area contributed by atoms with Gasteiger partial charge in [0.05, 0.1) is 35.1 Å². The van der Waals surface area contributed by atoms with Crippen LogP contribution in [-0.2, 0) is 29.5 Å². The molecule has 0 unspecified atom stereocenters.